The number of aromatic nitrogens is 2. The number of ether oxygens (including phenoxy) is 1. The lowest BCUT2D eigenvalue weighted by Gasteiger charge is -2.21. The monoisotopic (exact) mass is 616 g/mol. The molecule has 1 aliphatic rings. The molecule has 2 amide bonds. The van der Waals surface area contributed by atoms with E-state index in [1.165, 1.54) is 32.1 Å². The molecule has 10 heteroatoms. The van der Waals surface area contributed by atoms with Crippen molar-refractivity contribution in [1.29, 1.82) is 0 Å². The second-order valence-corrected chi connectivity index (χ2v) is 13.3. The van der Waals surface area contributed by atoms with Gasteiger partial charge in [0.15, 0.2) is 0 Å². The van der Waals surface area contributed by atoms with Crippen LogP contribution < -0.4 is 14.8 Å². The Kier molecular flexibility index (Phi) is 9.99. The van der Waals surface area contributed by atoms with Crippen LogP contribution in [0.3, 0.4) is 0 Å². The highest BCUT2D eigenvalue weighted by Crippen LogP contribution is 2.31. The van der Waals surface area contributed by atoms with Crippen molar-refractivity contribution >= 4 is 33.1 Å². The van der Waals surface area contributed by atoms with E-state index in [1.54, 1.807) is 12.1 Å². The van der Waals surface area contributed by atoms with Crippen LogP contribution in [0.2, 0.25) is 0 Å². The highest BCUT2D eigenvalue weighted by Gasteiger charge is 2.18. The number of sulfonamides is 1. The summed E-state index contributed by atoms with van der Waals surface area (Å²) < 4.78 is 32.2. The molecular formula is C34H40N4O5S. The number of benzene rings is 3. The molecule has 0 bridgehead atoms. The number of hydrogen-bond donors (Lipinski definition) is 2. The largest absolute Gasteiger partial charge is 0.426 e. The molecule has 3 aromatic carbocycles. The van der Waals surface area contributed by atoms with Crippen LogP contribution in [0.1, 0.15) is 73.6 Å². The minimum Gasteiger partial charge on any atom is -0.409 e. The minimum absolute atomic E-state index is 0.0456. The first-order chi connectivity index (χ1) is 21.2. The topological polar surface area (TPSA) is 119 Å². The van der Waals surface area contributed by atoms with E-state index < -0.39 is 16.1 Å². The van der Waals surface area contributed by atoms with Gasteiger partial charge in [-0.25, -0.2) is 22.9 Å². The summed E-state index contributed by atoms with van der Waals surface area (Å²) in [4.78, 5) is 30.1. The summed E-state index contributed by atoms with van der Waals surface area (Å²) >= 11 is 0. The predicted molar refractivity (Wildman–Crippen MR) is 172 cm³/mol. The Labute approximate surface area is 259 Å². The molecule has 0 radical (unpaired) electrons. The average molecular weight is 617 g/mol. The van der Waals surface area contributed by atoms with Crippen molar-refractivity contribution in [3.8, 4) is 16.9 Å². The van der Waals surface area contributed by atoms with E-state index in [0.717, 1.165) is 60.0 Å². The lowest BCUT2D eigenvalue weighted by molar-refractivity contribution is 0.0943. The van der Waals surface area contributed by atoms with Crippen molar-refractivity contribution in [1.82, 2.24) is 19.6 Å². The summed E-state index contributed by atoms with van der Waals surface area (Å²) in [5, 5.41) is 3.16. The molecular weight excluding hydrogens is 576 g/mol. The molecule has 0 saturated heterocycles. The number of nitrogens with one attached hydrogen (secondary N) is 2. The van der Waals surface area contributed by atoms with Crippen molar-refractivity contribution in [3.63, 3.8) is 0 Å². The van der Waals surface area contributed by atoms with Crippen LogP contribution in [-0.2, 0) is 23.0 Å². The van der Waals surface area contributed by atoms with Crippen molar-refractivity contribution in [3.05, 3.63) is 83.7 Å². The number of fused-ring (bicyclic) bond motifs is 1. The maximum absolute atomic E-state index is 13.1. The number of carbonyl (C=O) groups excluding carboxylic acids is 2. The van der Waals surface area contributed by atoms with Crippen molar-refractivity contribution < 1.29 is 22.7 Å². The van der Waals surface area contributed by atoms with Crippen molar-refractivity contribution in [2.24, 2.45) is 5.92 Å². The Morgan fingerprint density at radius 2 is 1.75 bits per heavy atom. The molecule has 9 nitrogen and oxygen atoms in total. The molecule has 44 heavy (non-hydrogen) atoms. The number of nitrogens with zero attached hydrogens (tertiary/aromatic N) is 2. The predicted octanol–water partition coefficient (Wildman–Crippen LogP) is 6.45. The van der Waals surface area contributed by atoms with Gasteiger partial charge in [0, 0.05) is 30.6 Å². The average Bonchev–Trinajstić information content (AvgIpc) is 3.35. The SMILES string of the molecule is CCCCc1nc2ccc(C(=O)NCC3CCCCC3)cc2n1Cc1ccc(-c2ccccc2OC(=O)NS(C)(=O)=O)cc1. The first kappa shape index (κ1) is 31.3. The maximum Gasteiger partial charge on any atom is 0.426 e. The number of rotatable bonds is 11. The maximum atomic E-state index is 13.1. The molecule has 1 saturated carbocycles. The van der Waals surface area contributed by atoms with E-state index in [2.05, 4.69) is 16.8 Å². The second kappa shape index (κ2) is 14.1. The van der Waals surface area contributed by atoms with E-state index >= 15 is 0 Å². The van der Waals surface area contributed by atoms with Gasteiger partial charge in [-0.2, -0.15) is 0 Å². The standard InChI is InChI=1S/C34H40N4O5S/c1-3-4-14-32-36-29-20-19-27(33(39)35-22-24-10-6-5-7-11-24)21-30(29)38(32)23-25-15-17-26(18-16-25)28-12-8-9-13-31(28)43-34(40)37-44(2,41)42/h8-9,12-13,15-21,24H,3-7,10-11,14,22-23H2,1-2H3,(H,35,39)(H,37,40). The third-order valence-corrected chi connectivity index (χ3v) is 8.62. The van der Waals surface area contributed by atoms with E-state index in [0.29, 0.717) is 23.6 Å². The first-order valence-corrected chi connectivity index (χ1v) is 17.2. The molecule has 0 unspecified atom stereocenters. The van der Waals surface area contributed by atoms with Crippen LogP contribution in [0.25, 0.3) is 22.2 Å². The van der Waals surface area contributed by atoms with Gasteiger partial charge in [-0.3, -0.25) is 4.79 Å². The number of carbonyl (C=O) groups is 2. The molecule has 0 atom stereocenters. The van der Waals surface area contributed by atoms with Crippen LogP contribution >= 0.6 is 0 Å². The Hall–Kier alpha value is -4.18. The summed E-state index contributed by atoms with van der Waals surface area (Å²) in [6, 6.07) is 20.6. The highest BCUT2D eigenvalue weighted by molar-refractivity contribution is 7.89. The quantitative estimate of drug-likeness (QED) is 0.200. The number of aryl methyl sites for hydroxylation is 1. The Morgan fingerprint density at radius 1 is 1.00 bits per heavy atom. The summed E-state index contributed by atoms with van der Waals surface area (Å²) in [5.74, 6) is 1.75. The Morgan fingerprint density at radius 3 is 2.48 bits per heavy atom. The first-order valence-electron chi connectivity index (χ1n) is 15.4. The molecule has 232 valence electrons. The number of amides is 2. The zero-order valence-electron chi connectivity index (χ0n) is 25.3. The number of hydrogen-bond acceptors (Lipinski definition) is 6. The summed E-state index contributed by atoms with van der Waals surface area (Å²) in [6.07, 6.45) is 8.89. The lowest BCUT2D eigenvalue weighted by atomic mass is 9.89. The molecule has 1 aromatic heterocycles. The number of para-hydroxylation sites is 1. The molecule has 1 heterocycles. The summed E-state index contributed by atoms with van der Waals surface area (Å²) in [6.45, 7) is 3.46. The van der Waals surface area contributed by atoms with Crippen molar-refractivity contribution in [2.45, 2.75) is 64.8 Å². The number of imidazole rings is 1. The van der Waals surface area contributed by atoms with E-state index in [9.17, 15) is 18.0 Å². The van der Waals surface area contributed by atoms with Gasteiger partial charge in [-0.1, -0.05) is 75.1 Å². The Bertz CT molecular complexity index is 1720. The fourth-order valence-electron chi connectivity index (χ4n) is 5.78. The van der Waals surface area contributed by atoms with Gasteiger partial charge in [0.2, 0.25) is 10.0 Å². The van der Waals surface area contributed by atoms with Crippen LogP contribution in [-0.4, -0.2) is 42.8 Å². The fourth-order valence-corrected chi connectivity index (χ4v) is 6.13. The molecule has 1 fully saturated rings. The van der Waals surface area contributed by atoms with Gasteiger partial charge in [-0.05, 0) is 60.6 Å². The summed E-state index contributed by atoms with van der Waals surface area (Å²) in [5.41, 5.74) is 4.96. The van der Waals surface area contributed by atoms with E-state index in [1.807, 2.05) is 59.3 Å². The van der Waals surface area contributed by atoms with Crippen LogP contribution in [0.4, 0.5) is 4.79 Å². The smallest absolute Gasteiger partial charge is 0.409 e. The van der Waals surface area contributed by atoms with Gasteiger partial charge >= 0.3 is 6.09 Å². The zero-order valence-corrected chi connectivity index (χ0v) is 26.2. The zero-order chi connectivity index (χ0) is 31.1. The van der Waals surface area contributed by atoms with Gasteiger partial charge < -0.3 is 14.6 Å². The summed E-state index contributed by atoms with van der Waals surface area (Å²) in [7, 11) is -3.75. The minimum atomic E-state index is -3.75. The van der Waals surface area contributed by atoms with E-state index in [-0.39, 0.29) is 11.7 Å². The molecule has 1 aliphatic carbocycles. The van der Waals surface area contributed by atoms with Gasteiger partial charge in [0.05, 0.1) is 17.3 Å². The fraction of sp³-hybridized carbons (Fsp3) is 0.382. The second-order valence-electron chi connectivity index (χ2n) is 11.6. The van der Waals surface area contributed by atoms with Gasteiger partial charge in [-0.15, -0.1) is 0 Å². The molecule has 0 spiro atoms. The number of unbranched alkanes of at least 4 members (excludes halogenated alkanes) is 1. The molecule has 5 rings (SSSR count). The lowest BCUT2D eigenvalue weighted by Crippen LogP contribution is -2.32. The Balaban J connectivity index is 1.37. The third-order valence-electron chi connectivity index (χ3n) is 8.08. The molecule has 0 aliphatic heterocycles. The van der Waals surface area contributed by atoms with Crippen molar-refractivity contribution in [2.75, 3.05) is 12.8 Å². The normalized spacial score (nSPS) is 14.0. The third kappa shape index (κ3) is 8.05. The molecule has 4 aromatic rings. The van der Waals surface area contributed by atoms with Crippen LogP contribution in [0.5, 0.6) is 5.75 Å². The van der Waals surface area contributed by atoms with Gasteiger partial charge in [0.1, 0.15) is 11.6 Å². The van der Waals surface area contributed by atoms with Gasteiger partial charge in [0.25, 0.3) is 5.91 Å². The van der Waals surface area contributed by atoms with E-state index in [4.69, 9.17) is 9.72 Å². The van der Waals surface area contributed by atoms with Crippen LogP contribution in [0, 0.1) is 5.92 Å². The highest BCUT2D eigenvalue weighted by atomic mass is 32.2. The van der Waals surface area contributed by atoms with Crippen LogP contribution in [0.15, 0.2) is 66.7 Å². The molecule has 2 N–H and O–H groups in total.